The number of hydrogen-bond acceptors (Lipinski definition) is 2. The Kier molecular flexibility index (Phi) is 32.7. The summed E-state index contributed by atoms with van der Waals surface area (Å²) in [5.74, 6) is 0.322. The maximum atomic E-state index is 8.63. The van der Waals surface area contributed by atoms with Crippen molar-refractivity contribution in [2.45, 2.75) is 6.92 Å². The van der Waals surface area contributed by atoms with Crippen molar-refractivity contribution >= 4 is 46.1 Å². The summed E-state index contributed by atoms with van der Waals surface area (Å²) in [6, 6.07) is 21.2. The monoisotopic (exact) mass is 280 g/mol. The van der Waals surface area contributed by atoms with Gasteiger partial charge in [-0.3, -0.25) is 0 Å². The molecule has 0 amide bonds. The third-order valence-electron chi connectivity index (χ3n) is 1.36. The van der Waals surface area contributed by atoms with Crippen LogP contribution in [0.4, 0.5) is 0 Å². The van der Waals surface area contributed by atoms with Gasteiger partial charge in [0, 0.05) is 6.61 Å². The van der Waals surface area contributed by atoms with Crippen LogP contribution in [0.25, 0.3) is 0 Å². The second-order valence-electron chi connectivity index (χ2n) is 2.73. The molecule has 0 bridgehead atoms. The van der Waals surface area contributed by atoms with Gasteiger partial charge in [-0.2, -0.15) is 36.4 Å². The fourth-order valence-corrected chi connectivity index (χ4v) is 0.770. The van der Waals surface area contributed by atoms with Crippen molar-refractivity contribution in [3.8, 4) is 5.75 Å². The van der Waals surface area contributed by atoms with Crippen LogP contribution in [-0.4, -0.2) is 62.9 Å². The average molecular weight is 281 g/mol. The van der Waals surface area contributed by atoms with E-state index in [0.29, 0.717) is 5.75 Å². The number of benzene rings is 2. The minimum absolute atomic E-state index is 0. The summed E-state index contributed by atoms with van der Waals surface area (Å²) in [5.41, 5.74) is 0. The van der Waals surface area contributed by atoms with Crippen molar-refractivity contribution in [1.82, 2.24) is 0 Å². The Labute approximate surface area is 149 Å². The molecule has 0 aromatic heterocycles. The number of phenolic OH excluding ortho intramolecular Hbond substituents is 1. The number of phenols is 1. The molecule has 0 heterocycles. The van der Waals surface area contributed by atoms with E-state index in [0.717, 1.165) is 0 Å². The Morgan fingerprint density at radius 1 is 0.895 bits per heavy atom. The number of aromatic hydroxyl groups is 1. The first-order valence-electron chi connectivity index (χ1n) is 5.07. The molecule has 0 saturated carbocycles. The minimum Gasteiger partial charge on any atom is -0.508 e. The molecule has 0 radical (unpaired) electrons. The molecule has 2 aromatic rings. The van der Waals surface area contributed by atoms with Crippen molar-refractivity contribution in [2.24, 2.45) is 0 Å². The largest absolute Gasteiger partial charge is 2.00 e. The zero-order chi connectivity index (χ0) is 12.1. The van der Waals surface area contributed by atoms with Crippen LogP contribution in [-0.2, 0) is 0 Å². The van der Waals surface area contributed by atoms with E-state index in [4.69, 9.17) is 10.2 Å². The topological polar surface area (TPSA) is 40.5 Å². The Morgan fingerprint density at radius 3 is 1.42 bits per heavy atom. The molecule has 0 aliphatic rings. The summed E-state index contributed by atoms with van der Waals surface area (Å²) >= 11 is 0. The summed E-state index contributed by atoms with van der Waals surface area (Å²) in [5, 5.41) is 16.2. The van der Waals surface area contributed by atoms with Crippen LogP contribution in [0.1, 0.15) is 6.92 Å². The van der Waals surface area contributed by atoms with Gasteiger partial charge in [0.25, 0.3) is 0 Å². The van der Waals surface area contributed by atoms with Crippen LogP contribution in [0.5, 0.6) is 5.75 Å². The Balaban J connectivity index is -0.0000000877. The molecule has 0 spiro atoms. The smallest absolute Gasteiger partial charge is 0.508 e. The van der Waals surface area contributed by atoms with E-state index in [-0.39, 0.29) is 60.1 Å². The van der Waals surface area contributed by atoms with Gasteiger partial charge in [0.1, 0.15) is 5.75 Å². The number of aliphatic hydroxyl groups excluding tert-OH is 1. The molecule has 0 fully saturated rings. The first kappa shape index (κ1) is 27.1. The predicted molar refractivity (Wildman–Crippen MR) is 84.1 cm³/mol. The number of aliphatic hydroxyl groups is 1. The van der Waals surface area contributed by atoms with Crippen LogP contribution >= 0.6 is 0 Å². The van der Waals surface area contributed by atoms with E-state index in [1.165, 1.54) is 0 Å². The number of para-hydroxylation sites is 1. The zero-order valence-corrected chi connectivity index (χ0v) is 14.6. The molecule has 0 aliphatic carbocycles. The molecule has 0 atom stereocenters. The third kappa shape index (κ3) is 23.3. The zero-order valence-electron chi connectivity index (χ0n) is 11.8. The number of hydrogen-bond donors (Lipinski definition) is 2. The molecule has 0 aliphatic heterocycles. The van der Waals surface area contributed by atoms with Crippen molar-refractivity contribution in [2.75, 3.05) is 6.61 Å². The van der Waals surface area contributed by atoms with Crippen molar-refractivity contribution < 1.29 is 10.2 Å². The summed E-state index contributed by atoms with van der Waals surface area (Å²) in [4.78, 5) is 0. The van der Waals surface area contributed by atoms with Gasteiger partial charge in [0.2, 0.25) is 0 Å². The molecule has 2 N–H and O–H groups in total. The molecular weight excluding hydrogens is 261 g/mol. The van der Waals surface area contributed by atoms with Gasteiger partial charge in [-0.05, 0) is 19.1 Å². The van der Waals surface area contributed by atoms with E-state index in [9.17, 15) is 0 Å². The molecule has 4 heteroatoms. The van der Waals surface area contributed by atoms with E-state index >= 15 is 0 Å². The standard InChI is InChI=1S/C6H6O.C6H5.C2H6O.CH3.2Mg/c7-6-4-2-1-3-5-6;1-2-4-6-5-3-1;1-2-3;;;/h1-5,7H;1-5H;3H,2H2,1H3;1H3;;/q;-1;;-1;2*+2. The summed E-state index contributed by atoms with van der Waals surface area (Å²) in [6.07, 6.45) is 0. The second-order valence-corrected chi connectivity index (χ2v) is 2.73. The number of rotatable bonds is 0. The third-order valence-corrected chi connectivity index (χ3v) is 1.36. The van der Waals surface area contributed by atoms with Gasteiger partial charge in [-0.1, -0.05) is 18.2 Å². The van der Waals surface area contributed by atoms with Gasteiger partial charge < -0.3 is 17.6 Å². The van der Waals surface area contributed by atoms with Gasteiger partial charge in [0.15, 0.2) is 0 Å². The van der Waals surface area contributed by atoms with Crippen LogP contribution < -0.4 is 0 Å². The first-order valence-corrected chi connectivity index (χ1v) is 5.07. The Morgan fingerprint density at radius 2 is 1.26 bits per heavy atom. The first-order chi connectivity index (χ1) is 7.81. The normalized spacial score (nSPS) is 6.63. The molecule has 0 saturated heterocycles. The van der Waals surface area contributed by atoms with E-state index in [2.05, 4.69) is 6.07 Å². The SMILES string of the molecule is CCO.Oc1ccccc1.[CH3-].[Mg+2].[Mg+2].[c-]1ccccc1. The van der Waals surface area contributed by atoms with Crippen molar-refractivity contribution in [3.63, 3.8) is 0 Å². The molecular formula is C15H20Mg2O2+2. The molecule has 0 unspecified atom stereocenters. The average Bonchev–Trinajstić information content (AvgIpc) is 2.34. The van der Waals surface area contributed by atoms with E-state index in [1.54, 1.807) is 31.2 Å². The maximum Gasteiger partial charge on any atom is 2.00 e. The quantitative estimate of drug-likeness (QED) is 0.575. The molecule has 2 nitrogen and oxygen atoms in total. The molecule has 94 valence electrons. The maximum absolute atomic E-state index is 8.63. The predicted octanol–water partition coefficient (Wildman–Crippen LogP) is 2.57. The fourth-order valence-electron chi connectivity index (χ4n) is 0.770. The fraction of sp³-hybridized carbons (Fsp3) is 0.133. The van der Waals surface area contributed by atoms with Gasteiger partial charge in [0.05, 0.1) is 0 Å². The Bertz CT molecular complexity index is 302. The van der Waals surface area contributed by atoms with Gasteiger partial charge >= 0.3 is 46.1 Å². The van der Waals surface area contributed by atoms with Crippen LogP contribution in [0.2, 0.25) is 0 Å². The molecule has 2 rings (SSSR count). The van der Waals surface area contributed by atoms with Crippen LogP contribution in [0, 0.1) is 13.5 Å². The van der Waals surface area contributed by atoms with Crippen molar-refractivity contribution in [3.05, 3.63) is 74.2 Å². The van der Waals surface area contributed by atoms with Crippen LogP contribution in [0.3, 0.4) is 0 Å². The van der Waals surface area contributed by atoms with E-state index in [1.807, 2.05) is 36.4 Å². The second kappa shape index (κ2) is 22.9. The van der Waals surface area contributed by atoms with Crippen molar-refractivity contribution in [1.29, 1.82) is 0 Å². The minimum atomic E-state index is 0. The van der Waals surface area contributed by atoms with Crippen LogP contribution in [0.15, 0.2) is 60.7 Å². The molecule has 2 aromatic carbocycles. The van der Waals surface area contributed by atoms with Gasteiger partial charge in [-0.25, -0.2) is 0 Å². The Hall–Kier alpha value is -0.268. The summed E-state index contributed by atoms with van der Waals surface area (Å²) in [6.45, 7) is 1.93. The van der Waals surface area contributed by atoms with Gasteiger partial charge in [-0.15, -0.1) is 0 Å². The van der Waals surface area contributed by atoms with E-state index < -0.39 is 0 Å². The summed E-state index contributed by atoms with van der Waals surface area (Å²) in [7, 11) is 0. The summed E-state index contributed by atoms with van der Waals surface area (Å²) < 4.78 is 0. The molecule has 19 heavy (non-hydrogen) atoms.